The molecule has 2 saturated carbocycles. The summed E-state index contributed by atoms with van der Waals surface area (Å²) >= 11 is 6.09. The lowest BCUT2D eigenvalue weighted by Gasteiger charge is -2.28. The molecule has 2 bridgehead atoms. The van der Waals surface area contributed by atoms with Gasteiger partial charge >= 0.3 is 5.97 Å². The first-order chi connectivity index (χ1) is 18.8. The molecule has 3 aromatic carbocycles. The van der Waals surface area contributed by atoms with Crippen molar-refractivity contribution in [2.75, 3.05) is 16.8 Å². The fourth-order valence-electron chi connectivity index (χ4n) is 6.65. The second-order valence-electron chi connectivity index (χ2n) is 10.6. The Morgan fingerprint density at radius 1 is 0.949 bits per heavy atom. The highest BCUT2D eigenvalue weighted by Crippen LogP contribution is 2.61. The molecule has 3 aliphatic rings. The van der Waals surface area contributed by atoms with E-state index in [4.69, 9.17) is 16.3 Å². The molecule has 39 heavy (non-hydrogen) atoms. The molecule has 2 aliphatic carbocycles. The third kappa shape index (κ3) is 4.51. The number of hydrogen-bond donors (Lipinski definition) is 1. The second-order valence-corrected chi connectivity index (χ2v) is 11.0. The van der Waals surface area contributed by atoms with Crippen LogP contribution in [0.15, 0.2) is 72.8 Å². The van der Waals surface area contributed by atoms with Crippen LogP contribution in [0.25, 0.3) is 0 Å². The Labute approximate surface area is 231 Å². The van der Waals surface area contributed by atoms with Crippen molar-refractivity contribution in [1.29, 1.82) is 0 Å². The predicted molar refractivity (Wildman–Crippen MR) is 146 cm³/mol. The average molecular weight is 543 g/mol. The number of aryl methyl sites for hydroxylation is 1. The molecule has 0 radical (unpaired) electrons. The molecule has 198 valence electrons. The highest BCUT2D eigenvalue weighted by Gasteiger charge is 2.64. The van der Waals surface area contributed by atoms with Gasteiger partial charge in [0.1, 0.15) is 0 Å². The van der Waals surface area contributed by atoms with E-state index in [1.807, 2.05) is 25.1 Å². The summed E-state index contributed by atoms with van der Waals surface area (Å²) in [5.41, 5.74) is 3.10. The Morgan fingerprint density at radius 3 is 2.49 bits per heavy atom. The standard InChI is InChI=1S/C31H27ClN2O5/c1-17-10-11-21(15-25(17)32)33-26(35)16-39-31(38)19-8-5-9-22(12-19)34-29(36)27-20-13-23(18-6-3-2-4-7-18)24(14-20)28(27)30(34)37/h2-12,15,20,23-24,27-28H,13-14,16H2,1H3,(H,33,35)/t20-,23-,24+,27+,28+/m0/s1. The normalized spacial score (nSPS) is 25.1. The topological polar surface area (TPSA) is 92.8 Å². The fourth-order valence-corrected chi connectivity index (χ4v) is 6.83. The number of esters is 1. The van der Waals surface area contributed by atoms with Gasteiger partial charge in [-0.2, -0.15) is 0 Å². The molecule has 6 rings (SSSR count). The molecule has 0 unspecified atom stereocenters. The van der Waals surface area contributed by atoms with Crippen molar-refractivity contribution in [1.82, 2.24) is 0 Å². The van der Waals surface area contributed by atoms with E-state index < -0.39 is 18.5 Å². The van der Waals surface area contributed by atoms with Gasteiger partial charge in [-0.15, -0.1) is 0 Å². The highest BCUT2D eigenvalue weighted by molar-refractivity contribution is 6.31. The SMILES string of the molecule is Cc1ccc(NC(=O)COC(=O)c2cccc(N3C(=O)[C@@H]4[C@@H]5C[C@@H]([C@H]4C3=O)[C@H](c3ccccc3)C5)c2)cc1Cl. The number of fused-ring (bicyclic) bond motifs is 5. The van der Waals surface area contributed by atoms with Crippen LogP contribution in [-0.4, -0.2) is 30.3 Å². The van der Waals surface area contributed by atoms with Crippen LogP contribution in [0.4, 0.5) is 11.4 Å². The van der Waals surface area contributed by atoms with Gasteiger partial charge in [0.25, 0.3) is 5.91 Å². The van der Waals surface area contributed by atoms with Crippen molar-refractivity contribution in [3.8, 4) is 0 Å². The number of anilines is 2. The lowest BCUT2D eigenvalue weighted by molar-refractivity contribution is -0.123. The van der Waals surface area contributed by atoms with Gasteiger partial charge in [-0.25, -0.2) is 4.79 Å². The summed E-state index contributed by atoms with van der Waals surface area (Å²) in [6.45, 7) is 1.36. The molecule has 3 aromatic rings. The molecule has 3 amide bonds. The molecule has 0 spiro atoms. The van der Waals surface area contributed by atoms with E-state index in [0.717, 1.165) is 18.4 Å². The Kier molecular flexibility index (Phi) is 6.47. The van der Waals surface area contributed by atoms with Crippen molar-refractivity contribution >= 4 is 46.7 Å². The van der Waals surface area contributed by atoms with Gasteiger partial charge in [-0.05, 0) is 79.0 Å². The number of carbonyl (C=O) groups is 4. The number of imide groups is 1. The van der Waals surface area contributed by atoms with Gasteiger partial charge in [0.15, 0.2) is 6.61 Å². The maximum atomic E-state index is 13.6. The minimum absolute atomic E-state index is 0.138. The number of carbonyl (C=O) groups excluding carboxylic acids is 4. The van der Waals surface area contributed by atoms with Crippen LogP contribution in [0.3, 0.4) is 0 Å². The third-order valence-corrected chi connectivity index (χ3v) is 8.78. The predicted octanol–water partition coefficient (Wildman–Crippen LogP) is 5.37. The number of benzene rings is 3. The number of halogens is 1. The maximum Gasteiger partial charge on any atom is 0.338 e. The summed E-state index contributed by atoms with van der Waals surface area (Å²) < 4.78 is 5.20. The van der Waals surface area contributed by atoms with E-state index in [0.29, 0.717) is 16.4 Å². The van der Waals surface area contributed by atoms with E-state index >= 15 is 0 Å². The summed E-state index contributed by atoms with van der Waals surface area (Å²) in [6.07, 6.45) is 1.80. The van der Waals surface area contributed by atoms with Crippen molar-refractivity contribution in [2.24, 2.45) is 23.7 Å². The monoisotopic (exact) mass is 542 g/mol. The smallest absolute Gasteiger partial charge is 0.338 e. The molecular weight excluding hydrogens is 516 g/mol. The number of ether oxygens (including phenoxy) is 1. The zero-order chi connectivity index (χ0) is 27.3. The van der Waals surface area contributed by atoms with Crippen molar-refractivity contribution in [3.05, 3.63) is 94.5 Å². The minimum atomic E-state index is -0.725. The van der Waals surface area contributed by atoms with Gasteiger partial charge in [0.2, 0.25) is 11.8 Å². The van der Waals surface area contributed by atoms with Crippen LogP contribution in [-0.2, 0) is 19.1 Å². The summed E-state index contributed by atoms with van der Waals surface area (Å²) in [7, 11) is 0. The molecular formula is C31H27ClN2O5. The van der Waals surface area contributed by atoms with Gasteiger partial charge in [-0.1, -0.05) is 54.1 Å². The first-order valence-electron chi connectivity index (χ1n) is 13.1. The molecule has 5 atom stereocenters. The van der Waals surface area contributed by atoms with E-state index in [1.54, 1.807) is 30.3 Å². The minimum Gasteiger partial charge on any atom is -0.452 e. The molecule has 1 heterocycles. The Bertz CT molecular complexity index is 1490. The number of nitrogens with zero attached hydrogens (tertiary/aromatic N) is 1. The van der Waals surface area contributed by atoms with Crippen molar-refractivity contribution in [2.45, 2.75) is 25.7 Å². The van der Waals surface area contributed by atoms with Crippen LogP contribution in [0.2, 0.25) is 5.02 Å². The Hall–Kier alpha value is -3.97. The summed E-state index contributed by atoms with van der Waals surface area (Å²) in [5.74, 6) is -1.67. The van der Waals surface area contributed by atoms with Gasteiger partial charge < -0.3 is 10.1 Å². The van der Waals surface area contributed by atoms with E-state index in [1.165, 1.54) is 22.6 Å². The second kappa shape index (κ2) is 9.97. The first kappa shape index (κ1) is 25.3. The molecule has 0 aromatic heterocycles. The Morgan fingerprint density at radius 2 is 1.72 bits per heavy atom. The van der Waals surface area contributed by atoms with Gasteiger partial charge in [0, 0.05) is 10.7 Å². The van der Waals surface area contributed by atoms with Crippen molar-refractivity contribution in [3.63, 3.8) is 0 Å². The highest BCUT2D eigenvalue weighted by atomic mass is 35.5. The molecule has 7 nitrogen and oxygen atoms in total. The number of hydrogen-bond acceptors (Lipinski definition) is 5. The molecule has 1 N–H and O–H groups in total. The maximum absolute atomic E-state index is 13.6. The summed E-state index contributed by atoms with van der Waals surface area (Å²) in [5, 5.41) is 3.15. The molecule has 8 heteroatoms. The molecule has 1 aliphatic heterocycles. The third-order valence-electron chi connectivity index (χ3n) is 8.37. The number of amides is 3. The van der Waals surface area contributed by atoms with E-state index in [2.05, 4.69) is 17.4 Å². The van der Waals surface area contributed by atoms with Gasteiger partial charge in [0.05, 0.1) is 23.1 Å². The summed E-state index contributed by atoms with van der Waals surface area (Å²) in [6, 6.07) is 21.6. The van der Waals surface area contributed by atoms with Crippen LogP contribution in [0.1, 0.15) is 40.2 Å². The lowest BCUT2D eigenvalue weighted by Crippen LogP contribution is -2.33. The lowest BCUT2D eigenvalue weighted by atomic mass is 9.73. The van der Waals surface area contributed by atoms with E-state index in [-0.39, 0.29) is 47.0 Å². The largest absolute Gasteiger partial charge is 0.452 e. The fraction of sp³-hybridized carbons (Fsp3) is 0.290. The summed E-state index contributed by atoms with van der Waals surface area (Å²) in [4.78, 5) is 53.3. The van der Waals surface area contributed by atoms with Crippen LogP contribution >= 0.6 is 11.6 Å². The van der Waals surface area contributed by atoms with Crippen LogP contribution < -0.4 is 10.2 Å². The number of nitrogens with one attached hydrogen (secondary N) is 1. The average Bonchev–Trinajstić information content (AvgIpc) is 3.61. The van der Waals surface area contributed by atoms with Crippen molar-refractivity contribution < 1.29 is 23.9 Å². The van der Waals surface area contributed by atoms with Gasteiger partial charge in [-0.3, -0.25) is 19.3 Å². The first-order valence-corrected chi connectivity index (χ1v) is 13.5. The zero-order valence-electron chi connectivity index (χ0n) is 21.3. The molecule has 3 fully saturated rings. The van der Waals surface area contributed by atoms with Crippen LogP contribution in [0.5, 0.6) is 0 Å². The molecule has 1 saturated heterocycles. The van der Waals surface area contributed by atoms with E-state index in [9.17, 15) is 19.2 Å². The Balaban J connectivity index is 1.13. The zero-order valence-corrected chi connectivity index (χ0v) is 22.1. The van der Waals surface area contributed by atoms with Crippen LogP contribution in [0, 0.1) is 30.6 Å². The quantitative estimate of drug-likeness (QED) is 0.334. The number of rotatable bonds is 6.